The van der Waals surface area contributed by atoms with E-state index in [0.717, 1.165) is 19.6 Å². The third kappa shape index (κ3) is 4.79. The van der Waals surface area contributed by atoms with Crippen molar-refractivity contribution in [1.82, 2.24) is 14.5 Å². The molecule has 6 nitrogen and oxygen atoms in total. The lowest BCUT2D eigenvalue weighted by Gasteiger charge is -2.35. The molecule has 2 aromatic rings. The molecule has 0 aromatic heterocycles. The average molecular weight is 402 g/mol. The number of rotatable bonds is 6. The van der Waals surface area contributed by atoms with Gasteiger partial charge in [-0.25, -0.2) is 13.1 Å². The molecule has 0 unspecified atom stereocenters. The van der Waals surface area contributed by atoms with Crippen molar-refractivity contribution in [3.05, 3.63) is 65.2 Å². The largest absolute Gasteiger partial charge is 0.336 e. The molecule has 0 radical (unpaired) electrons. The van der Waals surface area contributed by atoms with Gasteiger partial charge in [-0.2, -0.15) is 0 Å². The number of sulfonamides is 1. The zero-order valence-corrected chi connectivity index (χ0v) is 17.2. The number of hydrogen-bond donors (Lipinski definition) is 1. The summed E-state index contributed by atoms with van der Waals surface area (Å²) in [4.78, 5) is 17.1. The summed E-state index contributed by atoms with van der Waals surface area (Å²) >= 11 is 0. The summed E-state index contributed by atoms with van der Waals surface area (Å²) in [5.74, 6) is -0.0528. The molecule has 28 heavy (non-hydrogen) atoms. The van der Waals surface area contributed by atoms with Gasteiger partial charge in [0.1, 0.15) is 0 Å². The van der Waals surface area contributed by atoms with E-state index in [9.17, 15) is 13.2 Å². The maximum absolute atomic E-state index is 12.7. The van der Waals surface area contributed by atoms with Crippen molar-refractivity contribution in [3.63, 3.8) is 0 Å². The Kier molecular flexibility index (Phi) is 6.49. The van der Waals surface area contributed by atoms with Gasteiger partial charge in [-0.3, -0.25) is 9.69 Å². The Morgan fingerprint density at radius 3 is 2.25 bits per heavy atom. The molecule has 1 fully saturated rings. The van der Waals surface area contributed by atoms with E-state index in [0.29, 0.717) is 25.2 Å². The van der Waals surface area contributed by atoms with Gasteiger partial charge < -0.3 is 4.90 Å². The fourth-order valence-electron chi connectivity index (χ4n) is 3.37. The maximum atomic E-state index is 12.7. The van der Waals surface area contributed by atoms with Crippen LogP contribution in [0.2, 0.25) is 0 Å². The van der Waals surface area contributed by atoms with Crippen molar-refractivity contribution >= 4 is 15.9 Å². The summed E-state index contributed by atoms with van der Waals surface area (Å²) in [5, 5.41) is 0. The zero-order chi connectivity index (χ0) is 20.1. The van der Waals surface area contributed by atoms with Crippen molar-refractivity contribution in [2.24, 2.45) is 0 Å². The minimum Gasteiger partial charge on any atom is -0.336 e. The molecule has 1 saturated heterocycles. The van der Waals surface area contributed by atoms with Gasteiger partial charge in [0.15, 0.2) is 0 Å². The molecule has 1 aliphatic heterocycles. The monoisotopic (exact) mass is 401 g/mol. The first-order valence-electron chi connectivity index (χ1n) is 9.56. The molecule has 0 saturated carbocycles. The second kappa shape index (κ2) is 8.86. The highest BCUT2D eigenvalue weighted by molar-refractivity contribution is 7.89. The summed E-state index contributed by atoms with van der Waals surface area (Å²) in [6.07, 6.45) is 0. The van der Waals surface area contributed by atoms with E-state index >= 15 is 0 Å². The van der Waals surface area contributed by atoms with Crippen molar-refractivity contribution < 1.29 is 13.2 Å². The third-order valence-electron chi connectivity index (χ3n) is 5.06. The summed E-state index contributed by atoms with van der Waals surface area (Å²) in [6.45, 7) is 8.06. The topological polar surface area (TPSA) is 69.7 Å². The molecule has 1 N–H and O–H groups in total. The fraction of sp³-hybridized carbons (Fsp3) is 0.381. The number of carbonyl (C=O) groups is 1. The Bertz CT molecular complexity index is 918. The first kappa shape index (κ1) is 20.5. The molecule has 1 heterocycles. The van der Waals surface area contributed by atoms with Gasteiger partial charge in [-0.15, -0.1) is 0 Å². The van der Waals surface area contributed by atoms with Crippen LogP contribution in [-0.2, 0) is 16.6 Å². The summed E-state index contributed by atoms with van der Waals surface area (Å²) < 4.78 is 26.5. The lowest BCUT2D eigenvalue weighted by molar-refractivity contribution is 0.0628. The summed E-state index contributed by atoms with van der Waals surface area (Å²) in [7, 11) is -3.50. The molecule has 0 atom stereocenters. The molecule has 1 aliphatic rings. The van der Waals surface area contributed by atoms with Crippen LogP contribution in [0.4, 0.5) is 0 Å². The van der Waals surface area contributed by atoms with Gasteiger partial charge in [0, 0.05) is 44.8 Å². The van der Waals surface area contributed by atoms with Crippen molar-refractivity contribution in [2.45, 2.75) is 25.3 Å². The number of nitrogens with zero attached hydrogens (tertiary/aromatic N) is 2. The molecule has 0 bridgehead atoms. The molecule has 3 rings (SSSR count). The van der Waals surface area contributed by atoms with Gasteiger partial charge in [-0.05, 0) is 42.3 Å². The van der Waals surface area contributed by atoms with E-state index in [1.54, 1.807) is 19.1 Å². The number of carbonyl (C=O) groups excluding carboxylic acids is 1. The maximum Gasteiger partial charge on any atom is 0.253 e. The average Bonchev–Trinajstić information content (AvgIpc) is 2.70. The van der Waals surface area contributed by atoms with Gasteiger partial charge >= 0.3 is 0 Å². The quantitative estimate of drug-likeness (QED) is 0.806. The van der Waals surface area contributed by atoms with E-state index in [1.165, 1.54) is 23.3 Å². The van der Waals surface area contributed by atoms with Gasteiger partial charge in [0.05, 0.1) is 4.90 Å². The Hall–Kier alpha value is -2.22. The van der Waals surface area contributed by atoms with Gasteiger partial charge in [0.25, 0.3) is 5.91 Å². The van der Waals surface area contributed by atoms with Crippen molar-refractivity contribution in [2.75, 3.05) is 32.7 Å². The number of piperazine rings is 1. The smallest absolute Gasteiger partial charge is 0.253 e. The minimum absolute atomic E-state index is 0.0528. The highest BCUT2D eigenvalue weighted by Gasteiger charge is 2.23. The fourth-order valence-corrected chi connectivity index (χ4v) is 4.41. The van der Waals surface area contributed by atoms with Crippen LogP contribution in [0.15, 0.2) is 53.4 Å². The molecule has 0 spiro atoms. The normalized spacial score (nSPS) is 15.6. The predicted octanol–water partition coefficient (Wildman–Crippen LogP) is 2.25. The van der Waals surface area contributed by atoms with E-state index in [4.69, 9.17) is 0 Å². The first-order chi connectivity index (χ1) is 13.4. The summed E-state index contributed by atoms with van der Waals surface area (Å²) in [6, 6.07) is 14.5. The van der Waals surface area contributed by atoms with Gasteiger partial charge in [-0.1, -0.05) is 31.2 Å². The second-order valence-electron chi connectivity index (χ2n) is 7.02. The molecular formula is C21H27N3O3S. The lowest BCUT2D eigenvalue weighted by Crippen LogP contribution is -2.48. The van der Waals surface area contributed by atoms with Crippen LogP contribution in [-0.4, -0.2) is 56.8 Å². The van der Waals surface area contributed by atoms with E-state index < -0.39 is 10.0 Å². The first-order valence-corrected chi connectivity index (χ1v) is 11.0. The highest BCUT2D eigenvalue weighted by Crippen LogP contribution is 2.16. The third-order valence-corrected chi connectivity index (χ3v) is 6.62. The minimum atomic E-state index is -3.50. The van der Waals surface area contributed by atoms with Crippen LogP contribution in [0.1, 0.15) is 28.4 Å². The van der Waals surface area contributed by atoms with E-state index in [1.807, 2.05) is 11.0 Å². The molecule has 7 heteroatoms. The van der Waals surface area contributed by atoms with E-state index in [-0.39, 0.29) is 10.8 Å². The van der Waals surface area contributed by atoms with Crippen LogP contribution in [0, 0.1) is 6.92 Å². The molecule has 0 aliphatic carbocycles. The van der Waals surface area contributed by atoms with Gasteiger partial charge in [0.2, 0.25) is 10.0 Å². The van der Waals surface area contributed by atoms with Crippen molar-refractivity contribution in [1.29, 1.82) is 0 Å². The molecule has 150 valence electrons. The molecule has 2 aromatic carbocycles. The highest BCUT2D eigenvalue weighted by atomic mass is 32.2. The lowest BCUT2D eigenvalue weighted by atomic mass is 10.1. The Labute approximate surface area is 167 Å². The van der Waals surface area contributed by atoms with E-state index in [2.05, 4.69) is 34.7 Å². The number of hydrogen-bond acceptors (Lipinski definition) is 4. The number of nitrogens with one attached hydrogen (secondary N) is 1. The van der Waals surface area contributed by atoms with Crippen LogP contribution in [0.3, 0.4) is 0 Å². The Morgan fingerprint density at radius 1 is 1.00 bits per heavy atom. The molecule has 1 amide bonds. The molecular weight excluding hydrogens is 374 g/mol. The Morgan fingerprint density at radius 2 is 1.64 bits per heavy atom. The Balaban J connectivity index is 1.58. The summed E-state index contributed by atoms with van der Waals surface area (Å²) in [5.41, 5.74) is 3.12. The van der Waals surface area contributed by atoms with Crippen LogP contribution < -0.4 is 4.72 Å². The number of aryl methyl sites for hydroxylation is 1. The zero-order valence-electron chi connectivity index (χ0n) is 16.4. The van der Waals surface area contributed by atoms with Crippen molar-refractivity contribution in [3.8, 4) is 0 Å². The number of amides is 1. The predicted molar refractivity (Wildman–Crippen MR) is 110 cm³/mol. The van der Waals surface area contributed by atoms with Crippen LogP contribution >= 0.6 is 0 Å². The SMILES string of the molecule is CCNS(=O)(=O)c1ccc(C(=O)N2CCN(Cc3ccccc3C)CC2)cc1. The number of benzene rings is 2. The second-order valence-corrected chi connectivity index (χ2v) is 8.79. The van der Waals surface area contributed by atoms with Crippen LogP contribution in [0.25, 0.3) is 0 Å². The standard InChI is InChI=1S/C21H27N3O3S/c1-3-22-28(26,27)20-10-8-18(9-11-20)21(25)24-14-12-23(13-15-24)16-19-7-5-4-6-17(19)2/h4-11,22H,3,12-16H2,1-2H3. The van der Waals surface area contributed by atoms with Crippen LogP contribution in [0.5, 0.6) is 0 Å².